The quantitative estimate of drug-likeness (QED) is 0.554. The molecule has 102 valence electrons. The first-order valence-corrected chi connectivity index (χ1v) is 6.92. The van der Waals surface area contributed by atoms with Crippen molar-refractivity contribution in [3.8, 4) is 6.07 Å². The van der Waals surface area contributed by atoms with Crippen LogP contribution in [-0.2, 0) is 6.42 Å². The van der Waals surface area contributed by atoms with Crippen LogP contribution in [0.15, 0.2) is 78.9 Å². The molecule has 2 aromatic rings. The van der Waals surface area contributed by atoms with Crippen LogP contribution in [0.1, 0.15) is 16.7 Å². The summed E-state index contributed by atoms with van der Waals surface area (Å²) >= 11 is 0. The first kappa shape index (κ1) is 14.6. The van der Waals surface area contributed by atoms with Gasteiger partial charge in [-0.3, -0.25) is 0 Å². The fraction of sp³-hybridized carbons (Fsp3) is 0.0500. The maximum Gasteiger partial charge on any atom is 0.0912 e. The molecule has 1 aliphatic carbocycles. The molecule has 0 unspecified atom stereocenters. The Morgan fingerprint density at radius 3 is 2.43 bits per heavy atom. The number of benzene rings is 2. The summed E-state index contributed by atoms with van der Waals surface area (Å²) in [5.41, 5.74) is 3.98. The molecule has 0 aromatic heterocycles. The average molecular weight is 271 g/mol. The summed E-state index contributed by atoms with van der Waals surface area (Å²) in [6.07, 6.45) is 12.5. The maximum absolute atomic E-state index is 8.19. The number of hydrogen-bond donors (Lipinski definition) is 0. The van der Waals surface area contributed by atoms with E-state index in [9.17, 15) is 0 Å². The van der Waals surface area contributed by atoms with Crippen LogP contribution in [0.25, 0.3) is 12.2 Å². The van der Waals surface area contributed by atoms with Gasteiger partial charge in [-0.05, 0) is 23.1 Å². The minimum absolute atomic E-state index is 1.12. The van der Waals surface area contributed by atoms with Crippen LogP contribution >= 0.6 is 0 Å². The van der Waals surface area contributed by atoms with Crippen molar-refractivity contribution in [1.82, 2.24) is 0 Å². The second kappa shape index (κ2) is 8.35. The molecule has 0 aliphatic heterocycles. The maximum atomic E-state index is 8.19. The zero-order valence-corrected chi connectivity index (χ0v) is 11.8. The summed E-state index contributed by atoms with van der Waals surface area (Å²) in [7, 11) is 0. The Morgan fingerprint density at radius 2 is 1.67 bits per heavy atom. The molecule has 1 heteroatoms. The van der Waals surface area contributed by atoms with Gasteiger partial charge in [0.15, 0.2) is 0 Å². The fourth-order valence-electron chi connectivity index (χ4n) is 2.02. The molecule has 0 spiro atoms. The number of allylic oxidation sites excluding steroid dienone is 4. The van der Waals surface area contributed by atoms with Crippen molar-refractivity contribution in [2.24, 2.45) is 0 Å². The molecule has 0 amide bonds. The number of rotatable bonds is 2. The Morgan fingerprint density at radius 1 is 0.905 bits per heavy atom. The molecular formula is C20H17N. The van der Waals surface area contributed by atoms with E-state index in [2.05, 4.69) is 36.4 Å². The Labute approximate surface area is 126 Å². The van der Waals surface area contributed by atoms with Crippen molar-refractivity contribution in [3.63, 3.8) is 0 Å². The minimum atomic E-state index is 1.12. The summed E-state index contributed by atoms with van der Waals surface area (Å²) in [5, 5.41) is 8.19. The normalized spacial score (nSPS) is 12.0. The highest BCUT2D eigenvalue weighted by Crippen LogP contribution is 2.17. The fourth-order valence-corrected chi connectivity index (χ4v) is 2.02. The molecule has 0 saturated heterocycles. The first-order valence-electron chi connectivity index (χ1n) is 6.92. The third kappa shape index (κ3) is 4.97. The number of fused-ring (bicyclic) bond motifs is 1. The van der Waals surface area contributed by atoms with E-state index >= 15 is 0 Å². The predicted molar refractivity (Wildman–Crippen MR) is 89.4 cm³/mol. The van der Waals surface area contributed by atoms with E-state index in [1.54, 1.807) is 6.08 Å². The molecule has 21 heavy (non-hydrogen) atoms. The molecular weight excluding hydrogens is 254 g/mol. The second-order valence-corrected chi connectivity index (χ2v) is 4.56. The summed E-state index contributed by atoms with van der Waals surface area (Å²) < 4.78 is 0. The highest BCUT2D eigenvalue weighted by atomic mass is 14.2. The lowest BCUT2D eigenvalue weighted by Gasteiger charge is -1.93. The second-order valence-electron chi connectivity index (χ2n) is 4.56. The Hall–Kier alpha value is -2.85. The molecule has 0 radical (unpaired) electrons. The highest BCUT2D eigenvalue weighted by molar-refractivity contribution is 5.59. The largest absolute Gasteiger partial charge is 0.193 e. The van der Waals surface area contributed by atoms with E-state index < -0.39 is 0 Å². The van der Waals surface area contributed by atoms with Crippen molar-refractivity contribution >= 4 is 12.2 Å². The molecule has 0 bridgehead atoms. The number of nitriles is 1. The van der Waals surface area contributed by atoms with Crippen molar-refractivity contribution in [3.05, 3.63) is 95.6 Å². The van der Waals surface area contributed by atoms with E-state index in [1.807, 2.05) is 48.6 Å². The molecule has 0 atom stereocenters. The van der Waals surface area contributed by atoms with Crippen LogP contribution in [0.2, 0.25) is 0 Å². The standard InChI is InChI=1S/C11H9N.C9H8/c12-10-6-2-5-9-11-7-3-1-4-8-11;1-2-5-9-7-3-6-8(9)4-1/h1-9H;1-6H,7H2. The van der Waals surface area contributed by atoms with Crippen LogP contribution in [0.4, 0.5) is 0 Å². The summed E-state index contributed by atoms with van der Waals surface area (Å²) in [5.74, 6) is 0. The molecule has 3 rings (SSSR count). The molecule has 1 aliphatic rings. The van der Waals surface area contributed by atoms with Crippen LogP contribution < -0.4 is 0 Å². The predicted octanol–water partition coefficient (Wildman–Crippen LogP) is 5.04. The van der Waals surface area contributed by atoms with E-state index in [0.717, 1.165) is 12.0 Å². The zero-order valence-electron chi connectivity index (χ0n) is 11.8. The Balaban J connectivity index is 0.000000159. The van der Waals surface area contributed by atoms with Gasteiger partial charge in [-0.25, -0.2) is 0 Å². The van der Waals surface area contributed by atoms with E-state index in [1.165, 1.54) is 17.2 Å². The van der Waals surface area contributed by atoms with Crippen LogP contribution in [0, 0.1) is 11.3 Å². The van der Waals surface area contributed by atoms with Crippen molar-refractivity contribution in [1.29, 1.82) is 5.26 Å². The molecule has 0 fully saturated rings. The van der Waals surface area contributed by atoms with Gasteiger partial charge in [0.1, 0.15) is 0 Å². The summed E-state index contributed by atoms with van der Waals surface area (Å²) in [6, 6.07) is 20.4. The van der Waals surface area contributed by atoms with Crippen LogP contribution in [0.3, 0.4) is 0 Å². The van der Waals surface area contributed by atoms with E-state index in [4.69, 9.17) is 5.26 Å². The average Bonchev–Trinajstić information content (AvgIpc) is 3.02. The van der Waals surface area contributed by atoms with Crippen molar-refractivity contribution in [2.45, 2.75) is 6.42 Å². The third-order valence-corrected chi connectivity index (χ3v) is 3.06. The number of hydrogen-bond acceptors (Lipinski definition) is 1. The lowest BCUT2D eigenvalue weighted by atomic mass is 10.1. The Bertz CT molecular complexity index is 685. The summed E-state index contributed by atoms with van der Waals surface area (Å²) in [4.78, 5) is 0. The van der Waals surface area contributed by atoms with Gasteiger partial charge in [-0.2, -0.15) is 5.26 Å². The highest BCUT2D eigenvalue weighted by Gasteiger charge is 2.00. The van der Waals surface area contributed by atoms with E-state index in [0.29, 0.717) is 0 Å². The van der Waals surface area contributed by atoms with Gasteiger partial charge in [-0.1, -0.05) is 85.0 Å². The number of nitrogens with zero attached hydrogens (tertiary/aromatic N) is 1. The monoisotopic (exact) mass is 271 g/mol. The molecule has 0 saturated carbocycles. The van der Waals surface area contributed by atoms with Crippen molar-refractivity contribution in [2.75, 3.05) is 0 Å². The van der Waals surface area contributed by atoms with Gasteiger partial charge in [-0.15, -0.1) is 0 Å². The summed E-state index contributed by atoms with van der Waals surface area (Å²) in [6.45, 7) is 0. The minimum Gasteiger partial charge on any atom is -0.193 e. The van der Waals surface area contributed by atoms with Gasteiger partial charge < -0.3 is 0 Å². The Kier molecular flexibility index (Phi) is 5.79. The lowest BCUT2D eigenvalue weighted by Crippen LogP contribution is -1.76. The molecule has 0 heterocycles. The van der Waals surface area contributed by atoms with Gasteiger partial charge >= 0.3 is 0 Å². The van der Waals surface area contributed by atoms with Gasteiger partial charge in [0, 0.05) is 6.08 Å². The SMILES string of the molecule is C1=Cc2ccccc2C1.N#CC=CC=Cc1ccccc1. The first-order chi connectivity index (χ1) is 10.4. The van der Waals surface area contributed by atoms with Gasteiger partial charge in [0.25, 0.3) is 0 Å². The smallest absolute Gasteiger partial charge is 0.0912 e. The van der Waals surface area contributed by atoms with Crippen LogP contribution in [0.5, 0.6) is 0 Å². The molecule has 2 aromatic carbocycles. The van der Waals surface area contributed by atoms with E-state index in [-0.39, 0.29) is 0 Å². The zero-order chi connectivity index (χ0) is 14.8. The van der Waals surface area contributed by atoms with Gasteiger partial charge in [0.2, 0.25) is 0 Å². The van der Waals surface area contributed by atoms with Gasteiger partial charge in [0.05, 0.1) is 6.07 Å². The van der Waals surface area contributed by atoms with Crippen LogP contribution in [-0.4, -0.2) is 0 Å². The lowest BCUT2D eigenvalue weighted by molar-refractivity contribution is 1.31. The molecule has 1 nitrogen and oxygen atoms in total. The molecule has 0 N–H and O–H groups in total. The van der Waals surface area contributed by atoms with Crippen molar-refractivity contribution < 1.29 is 0 Å². The third-order valence-electron chi connectivity index (χ3n) is 3.06. The topological polar surface area (TPSA) is 23.8 Å².